The number of aromatic nitrogens is 1. The molecule has 0 bridgehead atoms. The van der Waals surface area contributed by atoms with Gasteiger partial charge >= 0.3 is 5.97 Å². The normalized spacial score (nSPS) is 19.0. The molecule has 2 heterocycles. The second-order valence-corrected chi connectivity index (χ2v) is 5.63. The maximum Gasteiger partial charge on any atom is 0.353 e. The lowest BCUT2D eigenvalue weighted by molar-refractivity contribution is -0.166. The highest BCUT2D eigenvalue weighted by atomic mass is 16.7. The van der Waals surface area contributed by atoms with Crippen LogP contribution in [0, 0.1) is 0 Å². The van der Waals surface area contributed by atoms with Crippen molar-refractivity contribution in [2.75, 3.05) is 13.7 Å². The Morgan fingerprint density at radius 2 is 2.12 bits per heavy atom. The van der Waals surface area contributed by atoms with Gasteiger partial charge in [0.05, 0.1) is 19.4 Å². The number of amides is 1. The highest BCUT2D eigenvalue weighted by molar-refractivity contribution is 5.99. The fraction of sp³-hybridized carbons (Fsp3) is 0.294. The number of oxime groups is 1. The molecule has 1 aromatic heterocycles. The molecule has 2 aromatic rings. The number of esters is 1. The van der Waals surface area contributed by atoms with Crippen molar-refractivity contribution >= 4 is 17.6 Å². The van der Waals surface area contributed by atoms with Gasteiger partial charge in [-0.15, -0.1) is 0 Å². The van der Waals surface area contributed by atoms with Gasteiger partial charge in [-0.05, 0) is 5.56 Å². The van der Waals surface area contributed by atoms with Crippen LogP contribution in [0.1, 0.15) is 22.5 Å². The molecule has 130 valence electrons. The quantitative estimate of drug-likeness (QED) is 0.794. The van der Waals surface area contributed by atoms with E-state index >= 15 is 0 Å². The fourth-order valence-corrected chi connectivity index (χ4v) is 2.63. The van der Waals surface area contributed by atoms with E-state index in [4.69, 9.17) is 14.0 Å². The predicted octanol–water partition coefficient (Wildman–Crippen LogP) is 1.34. The lowest BCUT2D eigenvalue weighted by Crippen LogP contribution is -2.43. The molecule has 1 N–H and O–H groups in total. The van der Waals surface area contributed by atoms with Crippen LogP contribution in [0.4, 0.5) is 0 Å². The summed E-state index contributed by atoms with van der Waals surface area (Å²) >= 11 is 0. The standard InChI is InChI=1S/C17H17N3O5/c1-23-16(22)17(7-12-5-3-2-4-6-12)8-13(20-25-17)9-18-15(21)14-10-24-11-19-14/h2-6,10-11H,7-9H2,1H3,(H,18,21). The summed E-state index contributed by atoms with van der Waals surface area (Å²) in [7, 11) is 1.31. The molecule has 0 aliphatic carbocycles. The maximum atomic E-state index is 12.3. The highest BCUT2D eigenvalue weighted by Gasteiger charge is 2.47. The molecule has 0 radical (unpaired) electrons. The third-order valence-electron chi connectivity index (χ3n) is 3.85. The molecule has 25 heavy (non-hydrogen) atoms. The summed E-state index contributed by atoms with van der Waals surface area (Å²) in [5.41, 5.74) is 0.418. The molecule has 0 spiro atoms. The smallest absolute Gasteiger partial charge is 0.353 e. The number of hydrogen-bond acceptors (Lipinski definition) is 7. The van der Waals surface area contributed by atoms with Crippen molar-refractivity contribution in [1.82, 2.24) is 10.3 Å². The van der Waals surface area contributed by atoms with Crippen LogP contribution in [0.5, 0.6) is 0 Å². The zero-order chi connectivity index (χ0) is 17.7. The minimum absolute atomic E-state index is 0.138. The largest absolute Gasteiger partial charge is 0.466 e. The molecule has 1 aliphatic heterocycles. The number of nitrogens with one attached hydrogen (secondary N) is 1. The lowest BCUT2D eigenvalue weighted by atomic mass is 9.89. The Hall–Kier alpha value is -3.16. The van der Waals surface area contributed by atoms with E-state index in [-0.39, 0.29) is 18.7 Å². The van der Waals surface area contributed by atoms with Crippen molar-refractivity contribution in [2.45, 2.75) is 18.4 Å². The second kappa shape index (κ2) is 7.16. The molecule has 3 rings (SSSR count). The van der Waals surface area contributed by atoms with Crippen molar-refractivity contribution in [1.29, 1.82) is 0 Å². The van der Waals surface area contributed by atoms with Crippen LogP contribution in [-0.2, 0) is 20.8 Å². The zero-order valence-electron chi connectivity index (χ0n) is 13.6. The summed E-state index contributed by atoms with van der Waals surface area (Å²) in [5, 5.41) is 6.63. The minimum atomic E-state index is -1.22. The summed E-state index contributed by atoms with van der Waals surface area (Å²) in [6, 6.07) is 9.46. The minimum Gasteiger partial charge on any atom is -0.466 e. The maximum absolute atomic E-state index is 12.3. The van der Waals surface area contributed by atoms with E-state index < -0.39 is 17.5 Å². The third-order valence-corrected chi connectivity index (χ3v) is 3.85. The number of methoxy groups -OCH3 is 1. The second-order valence-electron chi connectivity index (χ2n) is 5.63. The average molecular weight is 343 g/mol. The molecule has 1 amide bonds. The van der Waals surface area contributed by atoms with Gasteiger partial charge in [0.15, 0.2) is 12.1 Å². The molecule has 1 unspecified atom stereocenters. The van der Waals surface area contributed by atoms with Gasteiger partial charge in [-0.3, -0.25) is 4.79 Å². The van der Waals surface area contributed by atoms with Crippen molar-refractivity contribution in [3.63, 3.8) is 0 Å². The molecular weight excluding hydrogens is 326 g/mol. The molecule has 8 nitrogen and oxygen atoms in total. The van der Waals surface area contributed by atoms with Gasteiger partial charge in [0.25, 0.3) is 5.91 Å². The Balaban J connectivity index is 1.65. The van der Waals surface area contributed by atoms with Crippen LogP contribution in [-0.4, -0.2) is 41.8 Å². The molecule has 8 heteroatoms. The number of carbonyl (C=O) groups is 2. The number of rotatable bonds is 6. The van der Waals surface area contributed by atoms with Gasteiger partial charge in [0, 0.05) is 12.8 Å². The molecule has 0 saturated heterocycles. The lowest BCUT2D eigenvalue weighted by Gasteiger charge is -2.23. The molecule has 0 saturated carbocycles. The summed E-state index contributed by atoms with van der Waals surface area (Å²) in [6.07, 6.45) is 2.97. The van der Waals surface area contributed by atoms with Gasteiger partial charge in [0.1, 0.15) is 6.26 Å². The van der Waals surface area contributed by atoms with Crippen molar-refractivity contribution in [3.05, 3.63) is 54.2 Å². The van der Waals surface area contributed by atoms with E-state index in [1.165, 1.54) is 19.8 Å². The number of nitrogens with zero attached hydrogens (tertiary/aromatic N) is 2. The van der Waals surface area contributed by atoms with Gasteiger partial charge < -0.3 is 19.3 Å². The van der Waals surface area contributed by atoms with Gasteiger partial charge in [-0.2, -0.15) is 0 Å². The summed E-state index contributed by atoms with van der Waals surface area (Å²) in [4.78, 5) is 33.4. The zero-order valence-corrected chi connectivity index (χ0v) is 13.6. The van der Waals surface area contributed by atoms with E-state index in [0.29, 0.717) is 12.1 Å². The SMILES string of the molecule is COC(=O)C1(Cc2ccccc2)CC(CNC(=O)c2cocn2)=NO1. The number of benzene rings is 1. The van der Waals surface area contributed by atoms with Crippen LogP contribution >= 0.6 is 0 Å². The van der Waals surface area contributed by atoms with Crippen LogP contribution in [0.25, 0.3) is 0 Å². The van der Waals surface area contributed by atoms with Crippen molar-refractivity contribution in [2.24, 2.45) is 5.16 Å². The van der Waals surface area contributed by atoms with E-state index in [1.807, 2.05) is 30.3 Å². The summed E-state index contributed by atoms with van der Waals surface area (Å²) in [6.45, 7) is 0.138. The Morgan fingerprint density at radius 3 is 2.80 bits per heavy atom. The third kappa shape index (κ3) is 3.68. The molecule has 0 fully saturated rings. The first kappa shape index (κ1) is 16.7. The number of carbonyl (C=O) groups excluding carboxylic acids is 2. The van der Waals surface area contributed by atoms with Gasteiger partial charge in [-0.1, -0.05) is 35.5 Å². The van der Waals surface area contributed by atoms with Gasteiger partial charge in [-0.25, -0.2) is 9.78 Å². The van der Waals surface area contributed by atoms with Crippen molar-refractivity contribution in [3.8, 4) is 0 Å². The van der Waals surface area contributed by atoms with Crippen LogP contribution in [0.2, 0.25) is 0 Å². The monoisotopic (exact) mass is 343 g/mol. The topological polar surface area (TPSA) is 103 Å². The first-order chi connectivity index (χ1) is 12.1. The van der Waals surface area contributed by atoms with E-state index in [0.717, 1.165) is 5.56 Å². The first-order valence-electron chi connectivity index (χ1n) is 7.65. The van der Waals surface area contributed by atoms with Crippen LogP contribution in [0.3, 0.4) is 0 Å². The van der Waals surface area contributed by atoms with E-state index in [9.17, 15) is 9.59 Å². The Labute approximate surface area is 143 Å². The summed E-state index contributed by atoms with van der Waals surface area (Å²) < 4.78 is 9.66. The molecular formula is C17H17N3O5. The van der Waals surface area contributed by atoms with E-state index in [2.05, 4.69) is 15.5 Å². The average Bonchev–Trinajstić information content (AvgIpc) is 3.31. The Kier molecular flexibility index (Phi) is 4.78. The molecule has 1 aromatic carbocycles. The number of oxazole rings is 1. The Bertz CT molecular complexity index is 773. The first-order valence-corrected chi connectivity index (χ1v) is 7.65. The van der Waals surface area contributed by atoms with E-state index in [1.54, 1.807) is 0 Å². The van der Waals surface area contributed by atoms with Crippen LogP contribution < -0.4 is 5.32 Å². The number of hydrogen-bond donors (Lipinski definition) is 1. The molecule has 1 aliphatic rings. The van der Waals surface area contributed by atoms with Crippen LogP contribution in [0.15, 0.2) is 52.6 Å². The Morgan fingerprint density at radius 1 is 1.32 bits per heavy atom. The fourth-order valence-electron chi connectivity index (χ4n) is 2.63. The predicted molar refractivity (Wildman–Crippen MR) is 86.9 cm³/mol. The van der Waals surface area contributed by atoms with Crippen molar-refractivity contribution < 1.29 is 23.6 Å². The highest BCUT2D eigenvalue weighted by Crippen LogP contribution is 2.29. The summed E-state index contributed by atoms with van der Waals surface area (Å²) in [5.74, 6) is -0.895. The molecule has 1 atom stereocenters. The number of ether oxygens (including phenoxy) is 1. The van der Waals surface area contributed by atoms with Gasteiger partial charge in [0.2, 0.25) is 5.60 Å².